The van der Waals surface area contributed by atoms with E-state index in [9.17, 15) is 0 Å². The summed E-state index contributed by atoms with van der Waals surface area (Å²) in [5.41, 5.74) is 22.2. The molecular formula is C59H47N. The summed E-state index contributed by atoms with van der Waals surface area (Å²) in [6.45, 7) is 14.3. The Morgan fingerprint density at radius 2 is 0.783 bits per heavy atom. The molecule has 1 nitrogen and oxygen atoms in total. The highest BCUT2D eigenvalue weighted by atomic mass is 15.1. The summed E-state index contributed by atoms with van der Waals surface area (Å²) in [6, 6.07) is 66.7. The van der Waals surface area contributed by atoms with E-state index in [0.717, 1.165) is 5.69 Å². The number of benzene rings is 9. The molecule has 3 aliphatic rings. The predicted octanol–water partition coefficient (Wildman–Crippen LogP) is 16.0. The highest BCUT2D eigenvalue weighted by Gasteiger charge is 2.40. The van der Waals surface area contributed by atoms with E-state index in [-0.39, 0.29) is 16.2 Å². The Kier molecular flexibility index (Phi) is 7.16. The monoisotopic (exact) mass is 769 g/mol. The normalized spacial score (nSPS) is 15.6. The quantitative estimate of drug-likeness (QED) is 0.172. The molecule has 0 bridgehead atoms. The van der Waals surface area contributed by atoms with Crippen LogP contribution >= 0.6 is 0 Å². The fraction of sp³-hybridized carbons (Fsp3) is 0.153. The van der Waals surface area contributed by atoms with Gasteiger partial charge in [-0.15, -0.1) is 0 Å². The third-order valence-electron chi connectivity index (χ3n) is 14.6. The lowest BCUT2D eigenvalue weighted by Crippen LogP contribution is -2.18. The van der Waals surface area contributed by atoms with Crippen molar-refractivity contribution >= 4 is 38.6 Å². The van der Waals surface area contributed by atoms with Gasteiger partial charge in [0.1, 0.15) is 0 Å². The minimum absolute atomic E-state index is 0.0954. The Bertz CT molecular complexity index is 3190. The van der Waals surface area contributed by atoms with Crippen molar-refractivity contribution in [1.29, 1.82) is 0 Å². The van der Waals surface area contributed by atoms with E-state index in [1.807, 2.05) is 0 Å². The zero-order chi connectivity index (χ0) is 40.7. The smallest absolute Gasteiger partial charge is 0.0468 e. The Morgan fingerprint density at radius 1 is 0.317 bits per heavy atom. The number of hydrogen-bond donors (Lipinski definition) is 0. The van der Waals surface area contributed by atoms with E-state index in [1.165, 1.54) is 111 Å². The second kappa shape index (κ2) is 12.2. The molecule has 288 valence electrons. The maximum atomic E-state index is 2.49. The van der Waals surface area contributed by atoms with Crippen molar-refractivity contribution in [2.75, 3.05) is 4.90 Å². The number of nitrogens with zero attached hydrogens (tertiary/aromatic N) is 1. The molecule has 0 saturated carbocycles. The van der Waals surface area contributed by atoms with Crippen LogP contribution < -0.4 is 4.90 Å². The molecule has 0 aromatic heterocycles. The first kappa shape index (κ1) is 35.3. The molecule has 0 atom stereocenters. The SMILES string of the molecule is CC1(C)c2ccccc2-c2ccc(N(c3ccc4c(c3)C(C)(C)c3ccccc3-4)c3ccc4cc(-c5cc6ccccc6c6c5-c5ccccc5C6(C)C)ccc4c3)cc21. The van der Waals surface area contributed by atoms with Gasteiger partial charge < -0.3 is 4.90 Å². The summed E-state index contributed by atoms with van der Waals surface area (Å²) in [6.07, 6.45) is 0. The Balaban J connectivity index is 1.03. The van der Waals surface area contributed by atoms with E-state index in [4.69, 9.17) is 0 Å². The van der Waals surface area contributed by atoms with Crippen molar-refractivity contribution in [2.24, 2.45) is 0 Å². The largest absolute Gasteiger partial charge is 0.310 e. The molecule has 12 rings (SSSR count). The first-order valence-corrected chi connectivity index (χ1v) is 21.5. The lowest BCUT2D eigenvalue weighted by Gasteiger charge is -2.30. The fourth-order valence-corrected chi connectivity index (χ4v) is 11.5. The molecule has 0 spiro atoms. The van der Waals surface area contributed by atoms with Gasteiger partial charge in [0.15, 0.2) is 0 Å². The Hall–Kier alpha value is -6.70. The number of hydrogen-bond acceptors (Lipinski definition) is 1. The maximum Gasteiger partial charge on any atom is 0.0468 e. The second-order valence-electron chi connectivity index (χ2n) is 18.9. The number of fused-ring (bicyclic) bond motifs is 12. The molecule has 3 aliphatic carbocycles. The highest BCUT2D eigenvalue weighted by Crippen LogP contribution is 2.56. The predicted molar refractivity (Wildman–Crippen MR) is 254 cm³/mol. The Morgan fingerprint density at radius 3 is 1.42 bits per heavy atom. The van der Waals surface area contributed by atoms with Gasteiger partial charge in [0.25, 0.3) is 0 Å². The number of rotatable bonds is 4. The van der Waals surface area contributed by atoms with Crippen LogP contribution in [0.1, 0.15) is 74.9 Å². The van der Waals surface area contributed by atoms with Crippen LogP contribution in [0.4, 0.5) is 17.1 Å². The van der Waals surface area contributed by atoms with Crippen molar-refractivity contribution in [1.82, 2.24) is 0 Å². The van der Waals surface area contributed by atoms with Crippen LogP contribution in [0.25, 0.3) is 66.1 Å². The summed E-state index contributed by atoms with van der Waals surface area (Å²) in [5, 5.41) is 5.10. The van der Waals surface area contributed by atoms with Gasteiger partial charge in [-0.25, -0.2) is 0 Å². The molecule has 0 aliphatic heterocycles. The van der Waals surface area contributed by atoms with Crippen molar-refractivity contribution in [2.45, 2.75) is 57.8 Å². The van der Waals surface area contributed by atoms with Gasteiger partial charge in [-0.2, -0.15) is 0 Å². The third-order valence-corrected chi connectivity index (χ3v) is 14.6. The summed E-state index contributed by atoms with van der Waals surface area (Å²) >= 11 is 0. The third kappa shape index (κ3) is 4.75. The van der Waals surface area contributed by atoms with Crippen molar-refractivity contribution in [3.8, 4) is 44.5 Å². The molecular weight excluding hydrogens is 723 g/mol. The van der Waals surface area contributed by atoms with Crippen LogP contribution in [0.2, 0.25) is 0 Å². The van der Waals surface area contributed by atoms with E-state index in [0.29, 0.717) is 0 Å². The van der Waals surface area contributed by atoms with Crippen LogP contribution in [0.5, 0.6) is 0 Å². The minimum atomic E-state index is -0.104. The molecule has 60 heavy (non-hydrogen) atoms. The average Bonchev–Trinajstić information content (AvgIpc) is 3.76. The van der Waals surface area contributed by atoms with Crippen molar-refractivity contribution in [3.05, 3.63) is 209 Å². The Labute approximate surface area is 353 Å². The zero-order valence-electron chi connectivity index (χ0n) is 35.2. The van der Waals surface area contributed by atoms with Gasteiger partial charge in [0, 0.05) is 33.3 Å². The summed E-state index contributed by atoms with van der Waals surface area (Å²) in [4.78, 5) is 2.49. The molecule has 0 N–H and O–H groups in total. The molecule has 0 radical (unpaired) electrons. The van der Waals surface area contributed by atoms with Gasteiger partial charge in [-0.05, 0) is 148 Å². The lowest BCUT2D eigenvalue weighted by atomic mass is 9.79. The molecule has 0 saturated heterocycles. The maximum absolute atomic E-state index is 2.49. The topological polar surface area (TPSA) is 3.24 Å². The highest BCUT2D eigenvalue weighted by molar-refractivity contribution is 6.06. The average molecular weight is 770 g/mol. The van der Waals surface area contributed by atoms with Gasteiger partial charge in [0.2, 0.25) is 0 Å². The first-order valence-electron chi connectivity index (χ1n) is 21.5. The van der Waals surface area contributed by atoms with Gasteiger partial charge >= 0.3 is 0 Å². The van der Waals surface area contributed by atoms with Crippen molar-refractivity contribution < 1.29 is 0 Å². The van der Waals surface area contributed by atoms with E-state index in [2.05, 4.69) is 222 Å². The molecule has 1 heteroatoms. The van der Waals surface area contributed by atoms with Crippen LogP contribution in [-0.4, -0.2) is 0 Å². The standard InChI is InChI=1S/C59H47N/c1-57(2)50-20-12-9-17-44(50)46-29-27-41(34-53(46)57)60(42-28-30-47-45-18-10-13-21-51(45)58(3,4)54(47)35-42)40-26-25-36-31-39(24-23-37(36)32-40)49-33-38-15-7-8-16-43(38)56-55(49)48-19-11-14-22-52(48)59(56,5)6/h7-35H,1-6H3. The zero-order valence-corrected chi connectivity index (χ0v) is 35.2. The summed E-state index contributed by atoms with van der Waals surface area (Å²) in [5.74, 6) is 0. The molecule has 0 fully saturated rings. The van der Waals surface area contributed by atoms with Crippen LogP contribution in [0, 0.1) is 0 Å². The van der Waals surface area contributed by atoms with Crippen LogP contribution in [0.15, 0.2) is 176 Å². The molecule has 9 aromatic rings. The van der Waals surface area contributed by atoms with E-state index >= 15 is 0 Å². The fourth-order valence-electron chi connectivity index (χ4n) is 11.5. The molecule has 0 amide bonds. The summed E-state index contributed by atoms with van der Waals surface area (Å²) in [7, 11) is 0. The van der Waals surface area contributed by atoms with E-state index in [1.54, 1.807) is 0 Å². The van der Waals surface area contributed by atoms with Gasteiger partial charge in [0.05, 0.1) is 0 Å². The van der Waals surface area contributed by atoms with Crippen LogP contribution in [-0.2, 0) is 16.2 Å². The van der Waals surface area contributed by atoms with E-state index < -0.39 is 0 Å². The van der Waals surface area contributed by atoms with Gasteiger partial charge in [-0.1, -0.05) is 169 Å². The second-order valence-corrected chi connectivity index (χ2v) is 18.9. The summed E-state index contributed by atoms with van der Waals surface area (Å²) < 4.78 is 0. The molecule has 0 heterocycles. The molecule has 0 unspecified atom stereocenters. The first-order chi connectivity index (χ1) is 29.0. The molecule has 9 aromatic carbocycles. The van der Waals surface area contributed by atoms with Crippen LogP contribution in [0.3, 0.4) is 0 Å². The van der Waals surface area contributed by atoms with Gasteiger partial charge in [-0.3, -0.25) is 0 Å². The van der Waals surface area contributed by atoms with Crippen molar-refractivity contribution in [3.63, 3.8) is 0 Å². The number of anilines is 3. The minimum Gasteiger partial charge on any atom is -0.310 e. The lowest BCUT2D eigenvalue weighted by molar-refractivity contribution is 0.660.